The molecule has 1 aliphatic rings. The van der Waals surface area contributed by atoms with Gasteiger partial charge in [0, 0.05) is 12.0 Å². The van der Waals surface area contributed by atoms with Crippen molar-refractivity contribution >= 4 is 21.6 Å². The van der Waals surface area contributed by atoms with Gasteiger partial charge in [-0.2, -0.15) is 0 Å². The van der Waals surface area contributed by atoms with Crippen LogP contribution in [0.15, 0.2) is 29.2 Å². The average molecular weight is 254 g/mol. The predicted octanol–water partition coefficient (Wildman–Crippen LogP) is 0.588. The lowest BCUT2D eigenvalue weighted by atomic mass is 10.1. The number of ketones is 1. The Balaban J connectivity index is 2.63. The van der Waals surface area contributed by atoms with Gasteiger partial charge in [-0.1, -0.05) is 18.2 Å². The Labute approximate surface area is 98.3 Å². The predicted molar refractivity (Wildman–Crippen MR) is 58.4 cm³/mol. The lowest BCUT2D eigenvalue weighted by Gasteiger charge is -2.21. The topological polar surface area (TPSA) is 77.5 Å². The Bertz CT molecular complexity index is 588. The molecule has 1 atom stereocenters. The first-order chi connectivity index (χ1) is 7.98. The van der Waals surface area contributed by atoms with Crippen molar-refractivity contribution < 1.29 is 22.7 Å². The summed E-state index contributed by atoms with van der Waals surface area (Å²) in [6.07, 6.45) is -0.355. The summed E-state index contributed by atoms with van der Waals surface area (Å²) in [7, 11) is -2.72. The van der Waals surface area contributed by atoms with Crippen LogP contribution in [0.3, 0.4) is 0 Å². The minimum absolute atomic E-state index is 0.0911. The number of benzene rings is 1. The van der Waals surface area contributed by atoms with Crippen molar-refractivity contribution in [2.75, 3.05) is 7.11 Å². The zero-order valence-electron chi connectivity index (χ0n) is 9.04. The molecular formula is C11H10O5S. The summed E-state index contributed by atoms with van der Waals surface area (Å²) in [5, 5.41) is -1.42. The number of carbonyl (C=O) groups excluding carboxylic acids is 2. The Hall–Kier alpha value is -1.69. The summed E-state index contributed by atoms with van der Waals surface area (Å²) in [5.41, 5.74) is 0.146. The van der Waals surface area contributed by atoms with Crippen molar-refractivity contribution in [3.05, 3.63) is 29.8 Å². The fraction of sp³-hybridized carbons (Fsp3) is 0.273. The molecule has 1 aliphatic heterocycles. The summed E-state index contributed by atoms with van der Waals surface area (Å²) in [6, 6.07) is 5.88. The van der Waals surface area contributed by atoms with Crippen LogP contribution in [0.25, 0.3) is 0 Å². The highest BCUT2D eigenvalue weighted by Crippen LogP contribution is 2.30. The Morgan fingerprint density at radius 2 is 2.00 bits per heavy atom. The molecule has 1 unspecified atom stereocenters. The van der Waals surface area contributed by atoms with Crippen LogP contribution < -0.4 is 0 Å². The van der Waals surface area contributed by atoms with E-state index in [1.807, 2.05) is 0 Å². The van der Waals surface area contributed by atoms with E-state index in [1.54, 1.807) is 6.07 Å². The minimum atomic E-state index is -3.82. The number of methoxy groups -OCH3 is 1. The summed E-state index contributed by atoms with van der Waals surface area (Å²) in [6.45, 7) is 0. The number of ether oxygens (including phenoxy) is 1. The SMILES string of the molecule is COC(=O)C1CC(=O)c2ccccc2S1(=O)=O. The first-order valence-corrected chi connectivity index (χ1v) is 6.47. The molecule has 17 heavy (non-hydrogen) atoms. The van der Waals surface area contributed by atoms with Gasteiger partial charge >= 0.3 is 5.97 Å². The Morgan fingerprint density at radius 3 is 2.65 bits per heavy atom. The quantitative estimate of drug-likeness (QED) is 0.685. The number of esters is 1. The smallest absolute Gasteiger partial charge is 0.324 e. The lowest BCUT2D eigenvalue weighted by Crippen LogP contribution is -2.38. The minimum Gasteiger partial charge on any atom is -0.468 e. The van der Waals surface area contributed by atoms with Crippen molar-refractivity contribution in [3.63, 3.8) is 0 Å². The maximum atomic E-state index is 12.1. The van der Waals surface area contributed by atoms with Gasteiger partial charge in [-0.05, 0) is 6.07 Å². The number of sulfone groups is 1. The van der Waals surface area contributed by atoms with E-state index >= 15 is 0 Å². The van der Waals surface area contributed by atoms with Crippen LogP contribution in [0.1, 0.15) is 16.8 Å². The van der Waals surface area contributed by atoms with Crippen LogP contribution in [0.2, 0.25) is 0 Å². The number of Topliss-reactive ketones (excluding diaryl/α,β-unsaturated/α-hetero) is 1. The molecule has 90 valence electrons. The fourth-order valence-electron chi connectivity index (χ4n) is 1.83. The van der Waals surface area contributed by atoms with E-state index in [2.05, 4.69) is 4.74 Å². The molecule has 0 radical (unpaired) electrons. The zero-order chi connectivity index (χ0) is 12.6. The largest absolute Gasteiger partial charge is 0.468 e. The Kier molecular flexibility index (Phi) is 2.74. The normalized spacial score (nSPS) is 21.7. The van der Waals surface area contributed by atoms with E-state index in [4.69, 9.17) is 0 Å². The molecule has 0 N–H and O–H groups in total. The van der Waals surface area contributed by atoms with Gasteiger partial charge in [-0.15, -0.1) is 0 Å². The highest BCUT2D eigenvalue weighted by Gasteiger charge is 2.42. The van der Waals surface area contributed by atoms with E-state index in [9.17, 15) is 18.0 Å². The maximum absolute atomic E-state index is 12.1. The van der Waals surface area contributed by atoms with Crippen LogP contribution in [0, 0.1) is 0 Å². The summed E-state index contributed by atoms with van der Waals surface area (Å²) >= 11 is 0. The molecule has 6 heteroatoms. The highest BCUT2D eigenvalue weighted by molar-refractivity contribution is 7.93. The first kappa shape index (κ1) is 11.8. The first-order valence-electron chi connectivity index (χ1n) is 4.92. The van der Waals surface area contributed by atoms with Gasteiger partial charge in [0.2, 0.25) is 0 Å². The van der Waals surface area contributed by atoms with Gasteiger partial charge < -0.3 is 4.74 Å². The number of carbonyl (C=O) groups is 2. The summed E-state index contributed by atoms with van der Waals surface area (Å²) in [4.78, 5) is 23.0. The van der Waals surface area contributed by atoms with E-state index in [0.717, 1.165) is 7.11 Å². The van der Waals surface area contributed by atoms with Crippen LogP contribution in [-0.4, -0.2) is 32.5 Å². The molecule has 0 spiro atoms. The molecule has 1 heterocycles. The zero-order valence-corrected chi connectivity index (χ0v) is 9.86. The number of rotatable bonds is 1. The molecule has 0 fully saturated rings. The van der Waals surface area contributed by atoms with Gasteiger partial charge in [0.25, 0.3) is 0 Å². The van der Waals surface area contributed by atoms with Crippen LogP contribution in [0.4, 0.5) is 0 Å². The van der Waals surface area contributed by atoms with E-state index in [0.29, 0.717) is 0 Å². The molecule has 0 amide bonds. The van der Waals surface area contributed by atoms with Crippen molar-refractivity contribution in [2.45, 2.75) is 16.6 Å². The maximum Gasteiger partial charge on any atom is 0.324 e. The second-order valence-electron chi connectivity index (χ2n) is 3.68. The van der Waals surface area contributed by atoms with Crippen LogP contribution in [0.5, 0.6) is 0 Å². The van der Waals surface area contributed by atoms with E-state index in [-0.39, 0.29) is 22.7 Å². The molecule has 0 bridgehead atoms. The summed E-state index contributed by atoms with van der Waals surface area (Å²) in [5.74, 6) is -1.25. The van der Waals surface area contributed by atoms with Gasteiger partial charge in [-0.3, -0.25) is 9.59 Å². The fourth-order valence-corrected chi connectivity index (χ4v) is 3.61. The number of fused-ring (bicyclic) bond motifs is 1. The van der Waals surface area contributed by atoms with Gasteiger partial charge in [-0.25, -0.2) is 8.42 Å². The molecule has 1 aromatic rings. The molecule has 2 rings (SSSR count). The van der Waals surface area contributed by atoms with Crippen molar-refractivity contribution in [2.24, 2.45) is 0 Å². The molecule has 5 nitrogen and oxygen atoms in total. The standard InChI is InChI=1S/C11H10O5S/c1-16-11(13)10-6-8(12)7-4-2-3-5-9(7)17(10,14)15/h2-5,10H,6H2,1H3. The van der Waals surface area contributed by atoms with E-state index < -0.39 is 21.1 Å². The Morgan fingerprint density at radius 1 is 1.35 bits per heavy atom. The van der Waals surface area contributed by atoms with Crippen molar-refractivity contribution in [1.29, 1.82) is 0 Å². The summed E-state index contributed by atoms with van der Waals surface area (Å²) < 4.78 is 28.6. The molecular weight excluding hydrogens is 244 g/mol. The van der Waals surface area contributed by atoms with Gasteiger partial charge in [0.15, 0.2) is 20.9 Å². The van der Waals surface area contributed by atoms with Crippen LogP contribution >= 0.6 is 0 Å². The van der Waals surface area contributed by atoms with Crippen molar-refractivity contribution in [3.8, 4) is 0 Å². The van der Waals surface area contributed by atoms with Gasteiger partial charge in [0.05, 0.1) is 12.0 Å². The number of hydrogen-bond acceptors (Lipinski definition) is 5. The third-order valence-corrected chi connectivity index (χ3v) is 4.78. The molecule has 0 aromatic heterocycles. The average Bonchev–Trinajstić information content (AvgIpc) is 2.33. The molecule has 0 saturated carbocycles. The highest BCUT2D eigenvalue weighted by atomic mass is 32.2. The van der Waals surface area contributed by atoms with Crippen LogP contribution in [-0.2, 0) is 19.4 Å². The molecule has 0 saturated heterocycles. The monoisotopic (exact) mass is 254 g/mol. The van der Waals surface area contributed by atoms with E-state index in [1.165, 1.54) is 18.2 Å². The molecule has 1 aromatic carbocycles. The third kappa shape index (κ3) is 1.74. The second-order valence-corrected chi connectivity index (χ2v) is 5.78. The third-order valence-electron chi connectivity index (χ3n) is 2.70. The van der Waals surface area contributed by atoms with Crippen molar-refractivity contribution in [1.82, 2.24) is 0 Å². The van der Waals surface area contributed by atoms with Gasteiger partial charge in [0.1, 0.15) is 0 Å². The second kappa shape index (κ2) is 3.96. The molecule has 0 aliphatic carbocycles. The number of hydrogen-bond donors (Lipinski definition) is 0. The lowest BCUT2D eigenvalue weighted by molar-refractivity contribution is -0.140.